The van der Waals surface area contributed by atoms with Crippen molar-refractivity contribution >= 4 is 5.97 Å². The van der Waals surface area contributed by atoms with Crippen molar-refractivity contribution in [2.24, 2.45) is 0 Å². The van der Waals surface area contributed by atoms with Crippen LogP contribution in [0, 0.1) is 0 Å². The molecule has 0 bridgehead atoms. The second kappa shape index (κ2) is 16.1. The SMILES string of the molecule is CCCCCCCCCCC=CCOCc1cccc(CCC(=O)OC(C)(C)C)c1. The number of carbonyl (C=O) groups excluding carboxylic acids is 1. The van der Waals surface area contributed by atoms with Crippen molar-refractivity contribution in [1.29, 1.82) is 0 Å². The average molecular weight is 417 g/mol. The molecule has 3 heteroatoms. The number of hydrogen-bond donors (Lipinski definition) is 0. The average Bonchev–Trinajstić information content (AvgIpc) is 2.69. The predicted octanol–water partition coefficient (Wildman–Crippen LogP) is 7.56. The first-order valence-electron chi connectivity index (χ1n) is 11.9. The summed E-state index contributed by atoms with van der Waals surface area (Å²) in [6.45, 7) is 9.20. The lowest BCUT2D eigenvalue weighted by Gasteiger charge is -2.19. The molecule has 0 aliphatic carbocycles. The largest absolute Gasteiger partial charge is 0.460 e. The quantitative estimate of drug-likeness (QED) is 0.158. The fourth-order valence-electron chi connectivity index (χ4n) is 3.34. The van der Waals surface area contributed by atoms with Gasteiger partial charge in [-0.05, 0) is 51.2 Å². The molecule has 0 aliphatic heterocycles. The third kappa shape index (κ3) is 15.3. The van der Waals surface area contributed by atoms with Crippen molar-refractivity contribution < 1.29 is 14.3 Å². The molecule has 170 valence electrons. The van der Waals surface area contributed by atoms with Crippen LogP contribution in [0.15, 0.2) is 36.4 Å². The number of hydrogen-bond acceptors (Lipinski definition) is 3. The number of benzene rings is 1. The van der Waals surface area contributed by atoms with Crippen LogP contribution in [-0.4, -0.2) is 18.2 Å². The van der Waals surface area contributed by atoms with Crippen molar-refractivity contribution in [2.45, 2.75) is 111 Å². The number of ether oxygens (including phenoxy) is 2. The third-order valence-electron chi connectivity index (χ3n) is 4.90. The van der Waals surface area contributed by atoms with Gasteiger partial charge in [0.05, 0.1) is 13.2 Å². The lowest BCUT2D eigenvalue weighted by atomic mass is 10.1. The van der Waals surface area contributed by atoms with E-state index in [1.165, 1.54) is 51.4 Å². The van der Waals surface area contributed by atoms with Crippen LogP contribution in [0.1, 0.15) is 103 Å². The molecule has 0 aromatic heterocycles. The van der Waals surface area contributed by atoms with Crippen LogP contribution in [0.2, 0.25) is 0 Å². The van der Waals surface area contributed by atoms with Gasteiger partial charge in [-0.2, -0.15) is 0 Å². The molecule has 0 radical (unpaired) electrons. The summed E-state index contributed by atoms with van der Waals surface area (Å²) in [6, 6.07) is 8.27. The summed E-state index contributed by atoms with van der Waals surface area (Å²) in [5.74, 6) is -0.147. The van der Waals surface area contributed by atoms with Gasteiger partial charge in [0.1, 0.15) is 5.60 Å². The summed E-state index contributed by atoms with van der Waals surface area (Å²) in [5.41, 5.74) is 1.87. The van der Waals surface area contributed by atoms with Crippen LogP contribution in [0.4, 0.5) is 0 Å². The fourth-order valence-corrected chi connectivity index (χ4v) is 3.34. The summed E-state index contributed by atoms with van der Waals surface area (Å²) in [5, 5.41) is 0. The topological polar surface area (TPSA) is 35.5 Å². The summed E-state index contributed by atoms with van der Waals surface area (Å²) in [6.07, 6.45) is 17.5. The minimum Gasteiger partial charge on any atom is -0.460 e. The summed E-state index contributed by atoms with van der Waals surface area (Å²) in [4.78, 5) is 11.9. The maximum atomic E-state index is 11.9. The Morgan fingerprint density at radius 3 is 2.30 bits per heavy atom. The van der Waals surface area contributed by atoms with E-state index in [-0.39, 0.29) is 5.97 Å². The zero-order valence-electron chi connectivity index (χ0n) is 19.9. The van der Waals surface area contributed by atoms with Gasteiger partial charge in [-0.25, -0.2) is 0 Å². The molecule has 1 rings (SSSR count). The highest BCUT2D eigenvalue weighted by atomic mass is 16.6. The molecule has 3 nitrogen and oxygen atoms in total. The number of esters is 1. The zero-order chi connectivity index (χ0) is 22.1. The molecule has 0 saturated carbocycles. The number of aryl methyl sites for hydroxylation is 1. The van der Waals surface area contributed by atoms with Crippen LogP contribution in [0.25, 0.3) is 0 Å². The summed E-state index contributed by atoms with van der Waals surface area (Å²) >= 11 is 0. The van der Waals surface area contributed by atoms with E-state index in [0.717, 1.165) is 17.5 Å². The van der Waals surface area contributed by atoms with E-state index >= 15 is 0 Å². The van der Waals surface area contributed by atoms with Crippen molar-refractivity contribution in [3.63, 3.8) is 0 Å². The van der Waals surface area contributed by atoms with E-state index < -0.39 is 5.60 Å². The lowest BCUT2D eigenvalue weighted by molar-refractivity contribution is -0.154. The molecular formula is C27H44O3. The minimum absolute atomic E-state index is 0.147. The van der Waals surface area contributed by atoms with E-state index in [9.17, 15) is 4.79 Å². The molecular weight excluding hydrogens is 372 g/mol. The van der Waals surface area contributed by atoms with Gasteiger partial charge >= 0.3 is 5.97 Å². The fraction of sp³-hybridized carbons (Fsp3) is 0.667. The molecule has 0 unspecified atom stereocenters. The van der Waals surface area contributed by atoms with E-state index in [4.69, 9.17) is 9.47 Å². The van der Waals surface area contributed by atoms with Gasteiger partial charge in [0.15, 0.2) is 0 Å². The standard InChI is InChI=1S/C27H44O3/c1-5-6-7-8-9-10-11-12-13-14-15-21-29-23-25-18-16-17-24(22-25)19-20-26(28)30-27(2,3)4/h14-18,22H,5-13,19-21,23H2,1-4H3. The van der Waals surface area contributed by atoms with E-state index in [1.807, 2.05) is 26.8 Å². The van der Waals surface area contributed by atoms with Gasteiger partial charge in [-0.15, -0.1) is 0 Å². The van der Waals surface area contributed by atoms with Crippen LogP contribution in [0.3, 0.4) is 0 Å². The Kier molecular flexibility index (Phi) is 14.2. The van der Waals surface area contributed by atoms with Crippen LogP contribution < -0.4 is 0 Å². The first-order valence-corrected chi connectivity index (χ1v) is 11.9. The van der Waals surface area contributed by atoms with Crippen LogP contribution >= 0.6 is 0 Å². The highest BCUT2D eigenvalue weighted by Crippen LogP contribution is 2.13. The second-order valence-electron chi connectivity index (χ2n) is 9.16. The molecule has 0 fully saturated rings. The number of unbranched alkanes of at least 4 members (excludes halogenated alkanes) is 8. The van der Waals surface area contributed by atoms with Crippen LogP contribution in [-0.2, 0) is 27.3 Å². The molecule has 0 N–H and O–H groups in total. The minimum atomic E-state index is -0.422. The van der Waals surface area contributed by atoms with Gasteiger partial charge in [-0.3, -0.25) is 4.79 Å². The van der Waals surface area contributed by atoms with Gasteiger partial charge < -0.3 is 9.47 Å². The smallest absolute Gasteiger partial charge is 0.306 e. The van der Waals surface area contributed by atoms with Crippen molar-refractivity contribution in [3.8, 4) is 0 Å². The molecule has 0 spiro atoms. The Morgan fingerprint density at radius 2 is 1.60 bits per heavy atom. The lowest BCUT2D eigenvalue weighted by Crippen LogP contribution is -2.24. The Balaban J connectivity index is 2.11. The van der Waals surface area contributed by atoms with E-state index in [2.05, 4.69) is 37.3 Å². The third-order valence-corrected chi connectivity index (χ3v) is 4.90. The van der Waals surface area contributed by atoms with Crippen molar-refractivity contribution in [2.75, 3.05) is 6.61 Å². The number of allylic oxidation sites excluding steroid dienone is 1. The predicted molar refractivity (Wildman–Crippen MR) is 127 cm³/mol. The maximum absolute atomic E-state index is 11.9. The molecule has 0 amide bonds. The van der Waals surface area contributed by atoms with Crippen LogP contribution in [0.5, 0.6) is 0 Å². The Hall–Kier alpha value is -1.61. The molecule has 0 heterocycles. The normalized spacial score (nSPS) is 11.9. The molecule has 0 aliphatic rings. The Labute approximate surface area is 185 Å². The summed E-state index contributed by atoms with van der Waals surface area (Å²) in [7, 11) is 0. The molecule has 1 aromatic carbocycles. The zero-order valence-corrected chi connectivity index (χ0v) is 19.9. The van der Waals surface area contributed by atoms with Gasteiger partial charge in [0.25, 0.3) is 0 Å². The summed E-state index contributed by atoms with van der Waals surface area (Å²) < 4.78 is 11.1. The van der Waals surface area contributed by atoms with E-state index in [0.29, 0.717) is 26.1 Å². The number of carbonyl (C=O) groups is 1. The monoisotopic (exact) mass is 416 g/mol. The molecule has 0 saturated heterocycles. The first-order chi connectivity index (χ1) is 14.4. The Morgan fingerprint density at radius 1 is 0.933 bits per heavy atom. The second-order valence-corrected chi connectivity index (χ2v) is 9.16. The van der Waals surface area contributed by atoms with E-state index in [1.54, 1.807) is 0 Å². The first kappa shape index (κ1) is 26.4. The van der Waals surface area contributed by atoms with Crippen molar-refractivity contribution in [3.05, 3.63) is 47.5 Å². The van der Waals surface area contributed by atoms with Gasteiger partial charge in [-0.1, -0.05) is 88.3 Å². The highest BCUT2D eigenvalue weighted by Gasteiger charge is 2.15. The maximum Gasteiger partial charge on any atom is 0.306 e. The highest BCUT2D eigenvalue weighted by molar-refractivity contribution is 5.70. The molecule has 30 heavy (non-hydrogen) atoms. The number of rotatable bonds is 16. The van der Waals surface area contributed by atoms with Gasteiger partial charge in [0.2, 0.25) is 0 Å². The van der Waals surface area contributed by atoms with Gasteiger partial charge in [0, 0.05) is 6.42 Å². The molecule has 0 atom stereocenters. The molecule has 1 aromatic rings. The van der Waals surface area contributed by atoms with Crippen molar-refractivity contribution in [1.82, 2.24) is 0 Å². The Bertz CT molecular complexity index is 598.